The standard InChI is InChI=1S/C39H56F3N3O2/c1-36(2,39(40,41)42)29-45(22-18-38(19-25-47-37(3,4)28-38)34-14-16-35(46-5)17-15-34)27-31-8-12-33(13-9-31)32-10-6-30(7-11-32)26-44-23-20-43-21-24-44/h8-10,12-17,30,43H,6-7,11,18-29H2,1-5H3/t30-,38+/m0/s1. The van der Waals surface area contributed by atoms with Crippen molar-refractivity contribution < 1.29 is 22.6 Å². The fourth-order valence-corrected chi connectivity index (χ4v) is 7.92. The molecule has 5 rings (SSSR count). The Morgan fingerprint density at radius 1 is 1.02 bits per heavy atom. The maximum atomic E-state index is 14.2. The van der Waals surface area contributed by atoms with Crippen LogP contribution in [0.4, 0.5) is 13.2 Å². The van der Waals surface area contributed by atoms with E-state index >= 15 is 0 Å². The molecule has 260 valence electrons. The highest BCUT2D eigenvalue weighted by atomic mass is 19.4. The third-order valence-corrected chi connectivity index (χ3v) is 10.8. The maximum Gasteiger partial charge on any atom is 0.395 e. The van der Waals surface area contributed by atoms with Crippen molar-refractivity contribution in [1.29, 1.82) is 0 Å². The maximum absolute atomic E-state index is 14.2. The van der Waals surface area contributed by atoms with Gasteiger partial charge in [-0.25, -0.2) is 0 Å². The molecule has 0 radical (unpaired) electrons. The van der Waals surface area contributed by atoms with Crippen LogP contribution < -0.4 is 10.1 Å². The Labute approximate surface area is 280 Å². The first-order valence-electron chi connectivity index (χ1n) is 17.6. The van der Waals surface area contributed by atoms with Gasteiger partial charge in [0.05, 0.1) is 18.1 Å². The van der Waals surface area contributed by atoms with Gasteiger partial charge in [0.15, 0.2) is 0 Å². The normalized spacial score (nSPS) is 24.3. The van der Waals surface area contributed by atoms with E-state index in [9.17, 15) is 13.2 Å². The molecule has 1 aliphatic carbocycles. The lowest BCUT2D eigenvalue weighted by Gasteiger charge is -2.46. The topological polar surface area (TPSA) is 37.0 Å². The summed E-state index contributed by atoms with van der Waals surface area (Å²) in [7, 11) is 1.66. The van der Waals surface area contributed by atoms with E-state index in [1.165, 1.54) is 43.5 Å². The van der Waals surface area contributed by atoms with Gasteiger partial charge in [0, 0.05) is 57.8 Å². The third-order valence-electron chi connectivity index (χ3n) is 10.8. The van der Waals surface area contributed by atoms with E-state index in [1.807, 2.05) is 17.0 Å². The summed E-state index contributed by atoms with van der Waals surface area (Å²) in [5.74, 6) is 1.51. The van der Waals surface area contributed by atoms with Crippen molar-refractivity contribution in [3.63, 3.8) is 0 Å². The number of benzene rings is 2. The molecule has 47 heavy (non-hydrogen) atoms. The molecule has 2 heterocycles. The highest BCUT2D eigenvalue weighted by Gasteiger charge is 2.48. The lowest BCUT2D eigenvalue weighted by molar-refractivity contribution is -0.217. The van der Waals surface area contributed by atoms with E-state index in [2.05, 4.69) is 66.5 Å². The van der Waals surface area contributed by atoms with Crippen molar-refractivity contribution in [2.75, 3.05) is 59.5 Å². The van der Waals surface area contributed by atoms with Crippen LogP contribution >= 0.6 is 0 Å². The fourth-order valence-electron chi connectivity index (χ4n) is 7.92. The van der Waals surface area contributed by atoms with Crippen LogP contribution in [-0.4, -0.2) is 81.1 Å². The minimum Gasteiger partial charge on any atom is -0.497 e. The summed E-state index contributed by atoms with van der Waals surface area (Å²) in [6.07, 6.45) is 3.91. The molecule has 2 atom stereocenters. The molecule has 3 aliphatic rings. The van der Waals surface area contributed by atoms with Gasteiger partial charge < -0.3 is 19.7 Å². The number of piperazine rings is 1. The van der Waals surface area contributed by atoms with Crippen LogP contribution in [0.5, 0.6) is 5.75 Å². The van der Waals surface area contributed by atoms with E-state index in [0.29, 0.717) is 25.6 Å². The minimum absolute atomic E-state index is 0.0591. The van der Waals surface area contributed by atoms with Gasteiger partial charge >= 0.3 is 6.18 Å². The zero-order valence-electron chi connectivity index (χ0n) is 29.2. The first-order valence-corrected chi connectivity index (χ1v) is 17.6. The number of rotatable bonds is 12. The van der Waals surface area contributed by atoms with Crippen molar-refractivity contribution in [3.05, 3.63) is 71.3 Å². The zero-order chi connectivity index (χ0) is 33.7. The first kappa shape index (κ1) is 35.9. The molecule has 8 heteroatoms. The summed E-state index contributed by atoms with van der Waals surface area (Å²) >= 11 is 0. The second-order valence-electron chi connectivity index (χ2n) is 15.5. The Bertz CT molecular complexity index is 1320. The number of methoxy groups -OCH3 is 1. The average molecular weight is 656 g/mol. The van der Waals surface area contributed by atoms with Gasteiger partial charge in [0.1, 0.15) is 5.75 Å². The van der Waals surface area contributed by atoms with E-state index in [-0.39, 0.29) is 17.6 Å². The number of hydrogen-bond acceptors (Lipinski definition) is 5. The van der Waals surface area contributed by atoms with Gasteiger partial charge in [-0.3, -0.25) is 4.90 Å². The smallest absolute Gasteiger partial charge is 0.395 e. The predicted octanol–water partition coefficient (Wildman–Crippen LogP) is 8.09. The van der Waals surface area contributed by atoms with Crippen LogP contribution in [0, 0.1) is 11.3 Å². The van der Waals surface area contributed by atoms with Gasteiger partial charge in [-0.15, -0.1) is 0 Å². The second-order valence-corrected chi connectivity index (χ2v) is 15.5. The molecule has 2 aromatic rings. The van der Waals surface area contributed by atoms with Gasteiger partial charge in [0.2, 0.25) is 0 Å². The van der Waals surface area contributed by atoms with Gasteiger partial charge in [-0.1, -0.05) is 42.5 Å². The summed E-state index contributed by atoms with van der Waals surface area (Å²) in [5.41, 5.74) is 2.53. The number of allylic oxidation sites excluding steroid dienone is 2. The molecular weight excluding hydrogens is 599 g/mol. The monoisotopic (exact) mass is 655 g/mol. The average Bonchev–Trinajstić information content (AvgIpc) is 3.04. The number of nitrogens with zero attached hydrogens (tertiary/aromatic N) is 2. The Hall–Kier alpha value is -2.39. The number of nitrogens with one attached hydrogen (secondary N) is 1. The van der Waals surface area contributed by atoms with Crippen molar-refractivity contribution in [2.45, 2.75) is 90.0 Å². The molecular formula is C39H56F3N3O2. The molecule has 0 amide bonds. The van der Waals surface area contributed by atoms with Crippen LogP contribution in [0.15, 0.2) is 54.6 Å². The highest BCUT2D eigenvalue weighted by Crippen LogP contribution is 2.45. The molecule has 0 bridgehead atoms. The molecule has 2 aliphatic heterocycles. The summed E-state index contributed by atoms with van der Waals surface area (Å²) in [4.78, 5) is 4.61. The van der Waals surface area contributed by atoms with Crippen LogP contribution in [0.25, 0.3) is 5.57 Å². The molecule has 1 N–H and O–H groups in total. The highest BCUT2D eigenvalue weighted by molar-refractivity contribution is 5.66. The van der Waals surface area contributed by atoms with Crippen LogP contribution in [0.1, 0.15) is 82.9 Å². The van der Waals surface area contributed by atoms with Crippen LogP contribution in [0.3, 0.4) is 0 Å². The molecule has 2 aromatic carbocycles. The number of halogens is 3. The van der Waals surface area contributed by atoms with Crippen molar-refractivity contribution >= 4 is 5.57 Å². The molecule has 5 nitrogen and oxygen atoms in total. The molecule has 0 aromatic heterocycles. The first-order chi connectivity index (χ1) is 22.3. The Morgan fingerprint density at radius 3 is 2.32 bits per heavy atom. The molecule has 0 saturated carbocycles. The summed E-state index contributed by atoms with van der Waals surface area (Å²) in [6.45, 7) is 14.1. The van der Waals surface area contributed by atoms with Crippen molar-refractivity contribution in [1.82, 2.24) is 15.1 Å². The summed E-state index contributed by atoms with van der Waals surface area (Å²) < 4.78 is 54.1. The molecule has 2 fully saturated rings. The summed E-state index contributed by atoms with van der Waals surface area (Å²) in [5, 5.41) is 3.44. The van der Waals surface area contributed by atoms with Crippen LogP contribution in [-0.2, 0) is 16.7 Å². The van der Waals surface area contributed by atoms with E-state index in [0.717, 1.165) is 69.6 Å². The molecule has 0 spiro atoms. The Kier molecular flexibility index (Phi) is 11.5. The lowest BCUT2D eigenvalue weighted by atomic mass is 9.67. The predicted molar refractivity (Wildman–Crippen MR) is 185 cm³/mol. The van der Waals surface area contributed by atoms with Gasteiger partial charge in [-0.2, -0.15) is 13.2 Å². The summed E-state index contributed by atoms with van der Waals surface area (Å²) in [6, 6.07) is 16.8. The van der Waals surface area contributed by atoms with Gasteiger partial charge in [0.25, 0.3) is 0 Å². The zero-order valence-corrected chi connectivity index (χ0v) is 29.2. The van der Waals surface area contributed by atoms with E-state index in [4.69, 9.17) is 9.47 Å². The quantitative estimate of drug-likeness (QED) is 0.250. The minimum atomic E-state index is -4.29. The Balaban J connectivity index is 1.30. The number of hydrogen-bond donors (Lipinski definition) is 1. The SMILES string of the molecule is COc1ccc([C@]2(CCN(Cc3ccc(C4=CC[C@H](CN5CCNCC5)CC4)cc3)CC(C)(C)C(F)(F)F)CCOC(C)(C)C2)cc1. The fraction of sp³-hybridized carbons (Fsp3) is 0.641. The van der Waals surface area contributed by atoms with Gasteiger partial charge in [-0.05, 0) is 113 Å². The van der Waals surface area contributed by atoms with E-state index < -0.39 is 11.6 Å². The molecule has 2 saturated heterocycles. The van der Waals surface area contributed by atoms with Crippen molar-refractivity contribution in [3.8, 4) is 5.75 Å². The third kappa shape index (κ3) is 9.40. The number of alkyl halides is 3. The Morgan fingerprint density at radius 2 is 1.72 bits per heavy atom. The number of ether oxygens (including phenoxy) is 2. The van der Waals surface area contributed by atoms with Crippen molar-refractivity contribution in [2.24, 2.45) is 11.3 Å². The second kappa shape index (κ2) is 15.0. The molecule has 0 unspecified atom stereocenters. The van der Waals surface area contributed by atoms with Crippen LogP contribution in [0.2, 0.25) is 0 Å². The largest absolute Gasteiger partial charge is 0.497 e. The van der Waals surface area contributed by atoms with E-state index in [1.54, 1.807) is 7.11 Å². The lowest BCUT2D eigenvalue weighted by Crippen LogP contribution is -2.47.